The second-order valence-corrected chi connectivity index (χ2v) is 14.1. The number of hydrogen-bond acceptors (Lipinski definition) is 17. The third-order valence-electron chi connectivity index (χ3n) is 10.8. The number of ether oxygens (including phenoxy) is 7. The standard InChI is InChI=1S/C32H58O17/c1-13-17(5-33)25(35)30(40)22(47-13)10-44-8-19-15(3)49-24(32(42)27(19)37)12-45-9-20-16(4)48-23(31(41)28(20)38)11-43-7-18-14(2)46-21(6-34)29(39)26(18)36/h13-42H,5-12H2,1-4H3. The number of hydrogen-bond donors (Lipinski definition) is 10. The van der Waals surface area contributed by atoms with Crippen LogP contribution in [-0.2, 0) is 33.2 Å². The molecule has 0 bridgehead atoms. The van der Waals surface area contributed by atoms with Crippen molar-refractivity contribution in [1.29, 1.82) is 0 Å². The van der Waals surface area contributed by atoms with E-state index in [-0.39, 0.29) is 46.2 Å². The molecular formula is C32H58O17. The van der Waals surface area contributed by atoms with Crippen molar-refractivity contribution >= 4 is 0 Å². The summed E-state index contributed by atoms with van der Waals surface area (Å²) in [7, 11) is 0. The van der Waals surface area contributed by atoms with Gasteiger partial charge < -0.3 is 84.2 Å². The molecule has 4 aliphatic heterocycles. The maximum absolute atomic E-state index is 10.9. The summed E-state index contributed by atoms with van der Waals surface area (Å²) >= 11 is 0. The average Bonchev–Trinajstić information content (AvgIpc) is 3.06. The zero-order valence-corrected chi connectivity index (χ0v) is 28.5. The van der Waals surface area contributed by atoms with Gasteiger partial charge in [0.1, 0.15) is 48.8 Å². The summed E-state index contributed by atoms with van der Waals surface area (Å²) in [5.41, 5.74) is 0. The molecule has 17 nitrogen and oxygen atoms in total. The van der Waals surface area contributed by atoms with Crippen molar-refractivity contribution in [2.75, 3.05) is 52.9 Å². The van der Waals surface area contributed by atoms with Gasteiger partial charge in [-0.2, -0.15) is 0 Å². The molecular weight excluding hydrogens is 656 g/mol. The van der Waals surface area contributed by atoms with Crippen LogP contribution in [0.15, 0.2) is 0 Å². The van der Waals surface area contributed by atoms with Gasteiger partial charge in [-0.25, -0.2) is 0 Å². The lowest BCUT2D eigenvalue weighted by atomic mass is 9.87. The highest BCUT2D eigenvalue weighted by Gasteiger charge is 2.47. The van der Waals surface area contributed by atoms with Gasteiger partial charge in [0.25, 0.3) is 0 Å². The number of aliphatic hydroxyl groups is 10. The smallest absolute Gasteiger partial charge is 0.110 e. The van der Waals surface area contributed by atoms with Gasteiger partial charge in [0, 0.05) is 23.7 Å². The molecule has 0 aliphatic carbocycles. The van der Waals surface area contributed by atoms with Crippen LogP contribution in [0.4, 0.5) is 0 Å². The highest BCUT2D eigenvalue weighted by Crippen LogP contribution is 2.31. The summed E-state index contributed by atoms with van der Waals surface area (Å²) in [6, 6.07) is 0. The Morgan fingerprint density at radius 3 is 0.918 bits per heavy atom. The largest absolute Gasteiger partial charge is 0.396 e. The predicted octanol–water partition coefficient (Wildman–Crippen LogP) is -4.48. The molecule has 4 fully saturated rings. The maximum Gasteiger partial charge on any atom is 0.110 e. The van der Waals surface area contributed by atoms with Gasteiger partial charge in [-0.1, -0.05) is 0 Å². The van der Waals surface area contributed by atoms with Crippen LogP contribution in [0.1, 0.15) is 27.7 Å². The second kappa shape index (κ2) is 18.4. The van der Waals surface area contributed by atoms with Crippen molar-refractivity contribution in [2.45, 2.75) is 125 Å². The Morgan fingerprint density at radius 1 is 0.347 bits per heavy atom. The zero-order chi connectivity index (χ0) is 36.2. The minimum Gasteiger partial charge on any atom is -0.396 e. The summed E-state index contributed by atoms with van der Waals surface area (Å²) < 4.78 is 40.3. The van der Waals surface area contributed by atoms with Crippen molar-refractivity contribution in [3.63, 3.8) is 0 Å². The predicted molar refractivity (Wildman–Crippen MR) is 166 cm³/mol. The average molecular weight is 715 g/mol. The fourth-order valence-corrected chi connectivity index (χ4v) is 7.32. The molecule has 10 N–H and O–H groups in total. The Morgan fingerprint density at radius 2 is 0.612 bits per heavy atom. The fraction of sp³-hybridized carbons (Fsp3) is 1.00. The first-order valence-corrected chi connectivity index (χ1v) is 17.2. The molecule has 0 radical (unpaired) electrons. The van der Waals surface area contributed by atoms with Crippen LogP contribution < -0.4 is 0 Å². The van der Waals surface area contributed by atoms with E-state index in [1.807, 2.05) is 0 Å². The Bertz CT molecular complexity index is 980. The third-order valence-corrected chi connectivity index (χ3v) is 10.8. The fourth-order valence-electron chi connectivity index (χ4n) is 7.32. The first-order valence-electron chi connectivity index (χ1n) is 17.2. The lowest BCUT2D eigenvalue weighted by Crippen LogP contribution is -2.58. The molecule has 0 spiro atoms. The van der Waals surface area contributed by atoms with Crippen LogP contribution in [-0.4, -0.2) is 202 Å². The highest BCUT2D eigenvalue weighted by atomic mass is 16.6. The van der Waals surface area contributed by atoms with Gasteiger partial charge in [-0.3, -0.25) is 0 Å². The van der Waals surface area contributed by atoms with E-state index in [1.165, 1.54) is 0 Å². The summed E-state index contributed by atoms with van der Waals surface area (Å²) in [6.45, 7) is 5.64. The molecule has 4 rings (SSSR count). The molecule has 0 aromatic carbocycles. The van der Waals surface area contributed by atoms with Crippen LogP contribution in [0.5, 0.6) is 0 Å². The minimum absolute atomic E-state index is 0.0185. The van der Waals surface area contributed by atoms with E-state index >= 15 is 0 Å². The van der Waals surface area contributed by atoms with Gasteiger partial charge >= 0.3 is 0 Å². The van der Waals surface area contributed by atoms with Gasteiger partial charge in [-0.15, -0.1) is 0 Å². The highest BCUT2D eigenvalue weighted by molar-refractivity contribution is 4.94. The summed E-state index contributed by atoms with van der Waals surface area (Å²) in [4.78, 5) is 0. The second-order valence-electron chi connectivity index (χ2n) is 14.1. The van der Waals surface area contributed by atoms with Crippen molar-refractivity contribution in [1.82, 2.24) is 0 Å². The van der Waals surface area contributed by atoms with Crippen LogP contribution >= 0.6 is 0 Å². The Labute approximate surface area is 286 Å². The first kappa shape index (κ1) is 41.1. The molecule has 0 aromatic heterocycles. The molecule has 288 valence electrons. The number of aliphatic hydroxyl groups excluding tert-OH is 10. The van der Waals surface area contributed by atoms with E-state index in [2.05, 4.69) is 0 Å². The van der Waals surface area contributed by atoms with E-state index in [4.69, 9.17) is 33.2 Å². The Balaban J connectivity index is 1.18. The monoisotopic (exact) mass is 714 g/mol. The van der Waals surface area contributed by atoms with Gasteiger partial charge in [-0.05, 0) is 27.7 Å². The summed E-state index contributed by atoms with van der Waals surface area (Å²) in [6.07, 6.45) is -15.7. The Hall–Kier alpha value is -0.680. The van der Waals surface area contributed by atoms with Crippen molar-refractivity contribution in [2.24, 2.45) is 23.7 Å². The molecule has 20 unspecified atom stereocenters. The van der Waals surface area contributed by atoms with Crippen molar-refractivity contribution < 1.29 is 84.2 Å². The molecule has 49 heavy (non-hydrogen) atoms. The van der Waals surface area contributed by atoms with Crippen LogP contribution in [0.25, 0.3) is 0 Å². The number of rotatable bonds is 14. The molecule has 4 aliphatic rings. The van der Waals surface area contributed by atoms with Gasteiger partial charge in [0.15, 0.2) is 0 Å². The maximum atomic E-state index is 10.9. The van der Waals surface area contributed by atoms with E-state index in [1.54, 1.807) is 27.7 Å². The van der Waals surface area contributed by atoms with Gasteiger partial charge in [0.05, 0.1) is 102 Å². The SMILES string of the molecule is CC1OC(COCC2C(C)OC(COCC3C(C)OC(COCC4C(C)OC(CO)C(O)C4O)C(O)C3O)C(O)C2O)C(O)C(O)C1CO. The van der Waals surface area contributed by atoms with E-state index in [9.17, 15) is 51.1 Å². The molecule has 4 saturated heterocycles. The summed E-state index contributed by atoms with van der Waals surface area (Å²) in [5, 5.41) is 103. The van der Waals surface area contributed by atoms with Crippen LogP contribution in [0.2, 0.25) is 0 Å². The lowest BCUT2D eigenvalue weighted by Gasteiger charge is -2.44. The van der Waals surface area contributed by atoms with Crippen molar-refractivity contribution in [3.05, 3.63) is 0 Å². The quantitative estimate of drug-likeness (QED) is 0.0813. The summed E-state index contributed by atoms with van der Waals surface area (Å²) in [5.74, 6) is -2.47. The topological polar surface area (TPSA) is 267 Å². The first-order chi connectivity index (χ1) is 23.2. The van der Waals surface area contributed by atoms with E-state index < -0.39 is 128 Å². The zero-order valence-electron chi connectivity index (χ0n) is 28.5. The normalized spacial score (nSPS) is 49.6. The molecule has 0 amide bonds. The lowest BCUT2D eigenvalue weighted by molar-refractivity contribution is -0.240. The van der Waals surface area contributed by atoms with Crippen LogP contribution in [0, 0.1) is 23.7 Å². The van der Waals surface area contributed by atoms with Crippen LogP contribution in [0.3, 0.4) is 0 Å². The van der Waals surface area contributed by atoms with E-state index in [0.29, 0.717) is 0 Å². The van der Waals surface area contributed by atoms with E-state index in [0.717, 1.165) is 0 Å². The third kappa shape index (κ3) is 9.47. The molecule has 0 aromatic rings. The molecule has 4 heterocycles. The molecule has 0 saturated carbocycles. The molecule has 20 atom stereocenters. The van der Waals surface area contributed by atoms with Gasteiger partial charge in [0.2, 0.25) is 0 Å². The minimum atomic E-state index is -1.32. The van der Waals surface area contributed by atoms with Crippen molar-refractivity contribution in [3.8, 4) is 0 Å². The Kier molecular flexibility index (Phi) is 15.4. The molecule has 17 heteroatoms.